The summed E-state index contributed by atoms with van der Waals surface area (Å²) < 4.78 is 0. The number of carboxylic acid groups (broad SMARTS) is 1. The molecule has 0 amide bonds. The third-order valence-corrected chi connectivity index (χ3v) is 4.79. The zero-order valence-corrected chi connectivity index (χ0v) is 11.5. The van der Waals surface area contributed by atoms with Crippen LogP contribution in [-0.2, 0) is 11.2 Å². The molecule has 1 aromatic carbocycles. The summed E-state index contributed by atoms with van der Waals surface area (Å²) in [5.41, 5.74) is 1.80. The van der Waals surface area contributed by atoms with E-state index in [4.69, 9.17) is 5.11 Å². The van der Waals surface area contributed by atoms with E-state index in [0.29, 0.717) is 13.1 Å². The third-order valence-electron chi connectivity index (χ3n) is 4.79. The van der Waals surface area contributed by atoms with Crippen molar-refractivity contribution in [3.05, 3.63) is 35.4 Å². The number of hydrogen-bond donors (Lipinski definition) is 1. The lowest BCUT2D eigenvalue weighted by Gasteiger charge is -2.42. The zero-order chi connectivity index (χ0) is 14.2. The first-order chi connectivity index (χ1) is 9.61. The fourth-order valence-corrected chi connectivity index (χ4v) is 3.54. The van der Waals surface area contributed by atoms with Crippen molar-refractivity contribution >= 4 is 11.8 Å². The molecule has 0 unspecified atom stereocenters. The Morgan fingerprint density at radius 2 is 1.90 bits per heavy atom. The average molecular weight is 273 g/mol. The van der Waals surface area contributed by atoms with Gasteiger partial charge >= 0.3 is 5.97 Å². The van der Waals surface area contributed by atoms with Gasteiger partial charge in [0.05, 0.1) is 6.54 Å². The van der Waals surface area contributed by atoms with Crippen LogP contribution in [0.5, 0.6) is 0 Å². The van der Waals surface area contributed by atoms with Crippen LogP contribution in [0.4, 0.5) is 0 Å². The summed E-state index contributed by atoms with van der Waals surface area (Å²) in [6.45, 7) is 1.50. The number of carbonyl (C=O) groups is 2. The van der Waals surface area contributed by atoms with Gasteiger partial charge in [0.15, 0.2) is 5.78 Å². The minimum Gasteiger partial charge on any atom is -0.480 e. The second kappa shape index (κ2) is 5.02. The Balaban J connectivity index is 1.76. The van der Waals surface area contributed by atoms with Crippen LogP contribution < -0.4 is 0 Å². The topological polar surface area (TPSA) is 57.6 Å². The maximum atomic E-state index is 12.8. The van der Waals surface area contributed by atoms with Gasteiger partial charge in [0.1, 0.15) is 0 Å². The Morgan fingerprint density at radius 1 is 1.20 bits per heavy atom. The van der Waals surface area contributed by atoms with Gasteiger partial charge < -0.3 is 5.11 Å². The van der Waals surface area contributed by atoms with Crippen molar-refractivity contribution < 1.29 is 14.7 Å². The number of aryl methyl sites for hydroxylation is 1. The standard InChI is InChI=1S/C16H19NO3/c18-14(19)11-17-9-7-16(8-10-17)6-5-12-3-1-2-4-13(12)15(16)20/h1-4H,5-11H2,(H,18,19). The number of carboxylic acids is 1. The molecule has 0 bridgehead atoms. The van der Waals surface area contributed by atoms with Gasteiger partial charge in [-0.2, -0.15) is 0 Å². The van der Waals surface area contributed by atoms with Gasteiger partial charge in [-0.25, -0.2) is 0 Å². The molecule has 1 aliphatic heterocycles. The van der Waals surface area contributed by atoms with Crippen molar-refractivity contribution in [1.82, 2.24) is 4.90 Å². The summed E-state index contributed by atoms with van der Waals surface area (Å²) >= 11 is 0. The van der Waals surface area contributed by atoms with Gasteiger partial charge in [0.25, 0.3) is 0 Å². The van der Waals surface area contributed by atoms with E-state index in [1.54, 1.807) is 0 Å². The van der Waals surface area contributed by atoms with Gasteiger partial charge in [-0.15, -0.1) is 0 Å². The minimum atomic E-state index is -0.790. The van der Waals surface area contributed by atoms with E-state index in [2.05, 4.69) is 0 Å². The lowest BCUT2D eigenvalue weighted by atomic mass is 9.65. The summed E-state index contributed by atoms with van der Waals surface area (Å²) in [5, 5.41) is 8.84. The molecule has 20 heavy (non-hydrogen) atoms. The number of hydrogen-bond acceptors (Lipinski definition) is 3. The van der Waals surface area contributed by atoms with Crippen molar-refractivity contribution in [3.63, 3.8) is 0 Å². The van der Waals surface area contributed by atoms with Crippen molar-refractivity contribution in [2.75, 3.05) is 19.6 Å². The number of likely N-dealkylation sites (tertiary alicyclic amines) is 1. The molecule has 1 spiro atoms. The lowest BCUT2D eigenvalue weighted by molar-refractivity contribution is -0.138. The Labute approximate surface area is 118 Å². The van der Waals surface area contributed by atoms with E-state index in [9.17, 15) is 9.59 Å². The van der Waals surface area contributed by atoms with Crippen LogP contribution in [0.3, 0.4) is 0 Å². The molecular formula is C16H19NO3. The number of benzene rings is 1. The smallest absolute Gasteiger partial charge is 0.317 e. The van der Waals surface area contributed by atoms with E-state index in [-0.39, 0.29) is 17.7 Å². The maximum absolute atomic E-state index is 12.8. The molecule has 3 rings (SSSR count). The number of nitrogens with zero attached hydrogens (tertiary/aromatic N) is 1. The molecule has 106 valence electrons. The molecule has 0 saturated carbocycles. The number of ketones is 1. The SMILES string of the molecule is O=C(O)CN1CCC2(CCc3ccccc3C2=O)CC1. The highest BCUT2D eigenvalue weighted by Gasteiger charge is 2.44. The van der Waals surface area contributed by atoms with E-state index >= 15 is 0 Å². The summed E-state index contributed by atoms with van der Waals surface area (Å²) in [6.07, 6.45) is 3.44. The molecule has 1 aliphatic carbocycles. The van der Waals surface area contributed by atoms with Gasteiger partial charge in [0.2, 0.25) is 0 Å². The zero-order valence-electron chi connectivity index (χ0n) is 11.5. The number of piperidine rings is 1. The van der Waals surface area contributed by atoms with Crippen LogP contribution in [0.15, 0.2) is 24.3 Å². The predicted octanol–water partition coefficient (Wildman–Crippen LogP) is 1.98. The molecule has 1 N–H and O–H groups in total. The fraction of sp³-hybridized carbons (Fsp3) is 0.500. The van der Waals surface area contributed by atoms with Crippen LogP contribution in [0.1, 0.15) is 35.2 Å². The Bertz CT molecular complexity index is 544. The summed E-state index contributed by atoms with van der Waals surface area (Å²) in [6, 6.07) is 7.89. The second-order valence-corrected chi connectivity index (χ2v) is 5.94. The van der Waals surface area contributed by atoms with E-state index in [1.165, 1.54) is 0 Å². The summed E-state index contributed by atoms with van der Waals surface area (Å²) in [4.78, 5) is 25.5. The third kappa shape index (κ3) is 2.24. The Kier molecular flexibility index (Phi) is 3.34. The highest BCUT2D eigenvalue weighted by atomic mass is 16.4. The molecule has 2 aliphatic rings. The van der Waals surface area contributed by atoms with Crippen molar-refractivity contribution in [3.8, 4) is 0 Å². The molecule has 1 aromatic rings. The van der Waals surface area contributed by atoms with Gasteiger partial charge in [-0.1, -0.05) is 24.3 Å². The number of rotatable bonds is 2. The maximum Gasteiger partial charge on any atom is 0.317 e. The molecule has 4 heteroatoms. The highest BCUT2D eigenvalue weighted by molar-refractivity contribution is 6.02. The molecular weight excluding hydrogens is 254 g/mol. The van der Waals surface area contributed by atoms with Crippen LogP contribution >= 0.6 is 0 Å². The molecule has 1 saturated heterocycles. The monoisotopic (exact) mass is 273 g/mol. The van der Waals surface area contributed by atoms with Gasteiger partial charge in [-0.05, 0) is 44.3 Å². The lowest BCUT2D eigenvalue weighted by Crippen LogP contribution is -2.47. The van der Waals surface area contributed by atoms with Crippen molar-refractivity contribution in [2.45, 2.75) is 25.7 Å². The normalized spacial score (nSPS) is 21.7. The molecule has 1 heterocycles. The number of carbonyl (C=O) groups excluding carboxylic acids is 1. The predicted molar refractivity (Wildman–Crippen MR) is 74.8 cm³/mol. The first-order valence-electron chi connectivity index (χ1n) is 7.18. The second-order valence-electron chi connectivity index (χ2n) is 5.94. The number of fused-ring (bicyclic) bond motifs is 1. The molecule has 0 radical (unpaired) electrons. The first kappa shape index (κ1) is 13.3. The molecule has 0 aromatic heterocycles. The van der Waals surface area contributed by atoms with Crippen LogP contribution in [0.25, 0.3) is 0 Å². The summed E-state index contributed by atoms with van der Waals surface area (Å²) in [7, 11) is 0. The van der Waals surface area contributed by atoms with Gasteiger partial charge in [0, 0.05) is 11.0 Å². The van der Waals surface area contributed by atoms with E-state index in [0.717, 1.165) is 36.8 Å². The van der Waals surface area contributed by atoms with E-state index in [1.807, 2.05) is 29.2 Å². The molecule has 4 nitrogen and oxygen atoms in total. The highest BCUT2D eigenvalue weighted by Crippen LogP contribution is 2.43. The summed E-state index contributed by atoms with van der Waals surface area (Å²) in [5.74, 6) is -0.518. The van der Waals surface area contributed by atoms with Crippen molar-refractivity contribution in [1.29, 1.82) is 0 Å². The average Bonchev–Trinajstić information content (AvgIpc) is 2.45. The van der Waals surface area contributed by atoms with Crippen LogP contribution in [0.2, 0.25) is 0 Å². The van der Waals surface area contributed by atoms with Gasteiger partial charge in [-0.3, -0.25) is 14.5 Å². The molecule has 1 fully saturated rings. The van der Waals surface area contributed by atoms with Crippen molar-refractivity contribution in [2.24, 2.45) is 5.41 Å². The largest absolute Gasteiger partial charge is 0.480 e. The van der Waals surface area contributed by atoms with Crippen LogP contribution in [0, 0.1) is 5.41 Å². The Hall–Kier alpha value is -1.68. The van der Waals surface area contributed by atoms with E-state index < -0.39 is 5.97 Å². The minimum absolute atomic E-state index is 0.0842. The molecule has 0 atom stereocenters. The quantitative estimate of drug-likeness (QED) is 0.895. The number of aliphatic carboxylic acids is 1. The first-order valence-corrected chi connectivity index (χ1v) is 7.18. The Morgan fingerprint density at radius 3 is 2.60 bits per heavy atom. The number of Topliss-reactive ketones (excluding diaryl/α,β-unsaturated/α-hetero) is 1. The fourth-order valence-electron chi connectivity index (χ4n) is 3.54. The van der Waals surface area contributed by atoms with Crippen LogP contribution in [-0.4, -0.2) is 41.4 Å².